The third-order valence-electron chi connectivity index (χ3n) is 3.62. The van der Waals surface area contributed by atoms with Gasteiger partial charge in [-0.15, -0.1) is 24.0 Å². The summed E-state index contributed by atoms with van der Waals surface area (Å²) in [5.41, 5.74) is 0. The molecule has 0 saturated heterocycles. The Morgan fingerprint density at radius 3 is 2.50 bits per heavy atom. The van der Waals surface area contributed by atoms with Crippen LogP contribution in [0.15, 0.2) is 4.99 Å². The molecule has 0 aliphatic heterocycles. The largest absolute Gasteiger partial charge is 0.382 e. The predicted octanol–water partition coefficient (Wildman–Crippen LogP) is 3.16. The maximum absolute atomic E-state index is 5.33. The molecule has 2 N–H and O–H groups in total. The van der Waals surface area contributed by atoms with Gasteiger partial charge in [-0.3, -0.25) is 4.99 Å². The van der Waals surface area contributed by atoms with Gasteiger partial charge in [0, 0.05) is 32.3 Å². The first-order valence-electron chi connectivity index (χ1n) is 7.88. The molecule has 0 aromatic heterocycles. The van der Waals surface area contributed by atoms with Gasteiger partial charge in [0.05, 0.1) is 0 Å². The molecule has 0 bridgehead atoms. The fourth-order valence-electron chi connectivity index (χ4n) is 2.42. The Bertz CT molecular complexity index is 254. The minimum atomic E-state index is 0. The lowest BCUT2D eigenvalue weighted by atomic mass is 9.87. The first kappa shape index (κ1) is 20.0. The molecular formula is C15H32IN3O. The molecular weight excluding hydrogens is 365 g/mol. The van der Waals surface area contributed by atoms with Gasteiger partial charge in [-0.1, -0.05) is 6.92 Å². The molecule has 0 aromatic carbocycles. The number of rotatable bonds is 7. The number of hydrogen-bond donors (Lipinski definition) is 2. The zero-order valence-corrected chi connectivity index (χ0v) is 15.6. The highest BCUT2D eigenvalue weighted by molar-refractivity contribution is 14.0. The Kier molecular flexibility index (Phi) is 12.7. The highest BCUT2D eigenvalue weighted by atomic mass is 127. The van der Waals surface area contributed by atoms with Crippen molar-refractivity contribution in [3.63, 3.8) is 0 Å². The molecule has 0 unspecified atom stereocenters. The number of halogens is 1. The van der Waals surface area contributed by atoms with Crippen LogP contribution in [0.3, 0.4) is 0 Å². The average molecular weight is 397 g/mol. The van der Waals surface area contributed by atoms with E-state index in [1.165, 1.54) is 25.7 Å². The molecule has 1 rings (SSSR count). The molecule has 0 aromatic rings. The van der Waals surface area contributed by atoms with Gasteiger partial charge in [0.2, 0.25) is 0 Å². The second-order valence-corrected chi connectivity index (χ2v) is 5.41. The van der Waals surface area contributed by atoms with Crippen molar-refractivity contribution in [3.05, 3.63) is 0 Å². The third kappa shape index (κ3) is 9.00. The first-order chi connectivity index (χ1) is 9.26. The van der Waals surface area contributed by atoms with Crippen molar-refractivity contribution >= 4 is 29.9 Å². The van der Waals surface area contributed by atoms with Crippen molar-refractivity contribution in [2.45, 2.75) is 58.9 Å². The minimum Gasteiger partial charge on any atom is -0.382 e. The summed E-state index contributed by atoms with van der Waals surface area (Å²) in [6.07, 6.45) is 6.20. The summed E-state index contributed by atoms with van der Waals surface area (Å²) in [4.78, 5) is 4.61. The summed E-state index contributed by atoms with van der Waals surface area (Å²) in [7, 11) is 0. The maximum Gasteiger partial charge on any atom is 0.191 e. The monoisotopic (exact) mass is 397 g/mol. The second kappa shape index (κ2) is 12.7. The van der Waals surface area contributed by atoms with Crippen LogP contribution in [-0.2, 0) is 4.74 Å². The molecule has 1 saturated carbocycles. The lowest BCUT2D eigenvalue weighted by Gasteiger charge is -2.28. The summed E-state index contributed by atoms with van der Waals surface area (Å²) < 4.78 is 5.33. The van der Waals surface area contributed by atoms with E-state index in [-0.39, 0.29) is 24.0 Å². The highest BCUT2D eigenvalue weighted by Crippen LogP contribution is 2.23. The first-order valence-corrected chi connectivity index (χ1v) is 7.88. The van der Waals surface area contributed by atoms with Crippen LogP contribution in [0, 0.1) is 5.92 Å². The standard InChI is InChI=1S/C15H31N3O.HI/c1-4-16-15(17-11-6-12-19-5-2)18-14-9-7-13(3)8-10-14;/h13-14H,4-12H2,1-3H3,(H2,16,17,18);1H. The van der Waals surface area contributed by atoms with Gasteiger partial charge >= 0.3 is 0 Å². The second-order valence-electron chi connectivity index (χ2n) is 5.41. The summed E-state index contributed by atoms with van der Waals surface area (Å²) >= 11 is 0. The van der Waals surface area contributed by atoms with E-state index in [1.807, 2.05) is 6.92 Å². The molecule has 1 fully saturated rings. The Morgan fingerprint density at radius 2 is 1.90 bits per heavy atom. The van der Waals surface area contributed by atoms with E-state index in [1.54, 1.807) is 0 Å². The fourth-order valence-corrected chi connectivity index (χ4v) is 2.42. The van der Waals surface area contributed by atoms with Crippen LogP contribution in [0.2, 0.25) is 0 Å². The fraction of sp³-hybridized carbons (Fsp3) is 0.933. The summed E-state index contributed by atoms with van der Waals surface area (Å²) in [6.45, 7) is 9.84. The van der Waals surface area contributed by atoms with Crippen LogP contribution in [0.1, 0.15) is 52.9 Å². The SMILES string of the molecule is CCNC(=NCCCOCC)NC1CCC(C)CC1.I. The number of nitrogens with zero attached hydrogens (tertiary/aromatic N) is 1. The summed E-state index contributed by atoms with van der Waals surface area (Å²) in [6, 6.07) is 0.598. The molecule has 0 spiro atoms. The Labute approximate surface area is 141 Å². The van der Waals surface area contributed by atoms with E-state index in [9.17, 15) is 0 Å². The Balaban J connectivity index is 0.00000361. The van der Waals surface area contributed by atoms with Gasteiger partial charge in [0.25, 0.3) is 0 Å². The number of hydrogen-bond acceptors (Lipinski definition) is 2. The van der Waals surface area contributed by atoms with Crippen LogP contribution < -0.4 is 10.6 Å². The predicted molar refractivity (Wildman–Crippen MR) is 97.1 cm³/mol. The topological polar surface area (TPSA) is 45.7 Å². The van der Waals surface area contributed by atoms with Gasteiger partial charge < -0.3 is 15.4 Å². The normalized spacial score (nSPS) is 23.1. The number of nitrogens with one attached hydrogen (secondary N) is 2. The van der Waals surface area contributed by atoms with Crippen molar-refractivity contribution in [1.29, 1.82) is 0 Å². The lowest BCUT2D eigenvalue weighted by Crippen LogP contribution is -2.44. The Morgan fingerprint density at radius 1 is 1.20 bits per heavy atom. The molecule has 20 heavy (non-hydrogen) atoms. The third-order valence-corrected chi connectivity index (χ3v) is 3.62. The quantitative estimate of drug-likeness (QED) is 0.300. The van der Waals surface area contributed by atoms with E-state index in [2.05, 4.69) is 29.5 Å². The zero-order chi connectivity index (χ0) is 13.9. The molecule has 1 aliphatic rings. The summed E-state index contributed by atoms with van der Waals surface area (Å²) in [5, 5.41) is 6.90. The number of aliphatic imine (C=N–C) groups is 1. The van der Waals surface area contributed by atoms with Crippen molar-refractivity contribution in [1.82, 2.24) is 10.6 Å². The molecule has 0 radical (unpaired) electrons. The van der Waals surface area contributed by atoms with Crippen molar-refractivity contribution in [3.8, 4) is 0 Å². The van der Waals surface area contributed by atoms with Crippen LogP contribution in [0.25, 0.3) is 0 Å². The van der Waals surface area contributed by atoms with E-state index < -0.39 is 0 Å². The number of guanidine groups is 1. The molecule has 1 aliphatic carbocycles. The van der Waals surface area contributed by atoms with Crippen LogP contribution in [0.5, 0.6) is 0 Å². The van der Waals surface area contributed by atoms with Crippen LogP contribution >= 0.6 is 24.0 Å². The number of ether oxygens (including phenoxy) is 1. The smallest absolute Gasteiger partial charge is 0.191 e. The molecule has 120 valence electrons. The van der Waals surface area contributed by atoms with Crippen molar-refractivity contribution < 1.29 is 4.74 Å². The molecule has 4 nitrogen and oxygen atoms in total. The van der Waals surface area contributed by atoms with E-state index in [0.29, 0.717) is 6.04 Å². The van der Waals surface area contributed by atoms with Gasteiger partial charge in [-0.05, 0) is 51.9 Å². The lowest BCUT2D eigenvalue weighted by molar-refractivity contribution is 0.146. The van der Waals surface area contributed by atoms with E-state index >= 15 is 0 Å². The van der Waals surface area contributed by atoms with Crippen molar-refractivity contribution in [2.75, 3.05) is 26.3 Å². The maximum atomic E-state index is 5.33. The van der Waals surface area contributed by atoms with Gasteiger partial charge in [0.1, 0.15) is 0 Å². The van der Waals surface area contributed by atoms with E-state index in [0.717, 1.165) is 44.6 Å². The van der Waals surface area contributed by atoms with Crippen LogP contribution in [0.4, 0.5) is 0 Å². The molecule has 0 heterocycles. The van der Waals surface area contributed by atoms with Crippen LogP contribution in [-0.4, -0.2) is 38.3 Å². The van der Waals surface area contributed by atoms with Gasteiger partial charge in [-0.2, -0.15) is 0 Å². The summed E-state index contributed by atoms with van der Waals surface area (Å²) in [5.74, 6) is 1.86. The molecule has 0 amide bonds. The zero-order valence-electron chi connectivity index (χ0n) is 13.3. The minimum absolute atomic E-state index is 0. The van der Waals surface area contributed by atoms with Gasteiger partial charge in [-0.25, -0.2) is 0 Å². The molecule has 5 heteroatoms. The highest BCUT2D eigenvalue weighted by Gasteiger charge is 2.18. The molecule has 0 atom stereocenters. The Hall–Kier alpha value is -0.0400. The average Bonchev–Trinajstić information content (AvgIpc) is 2.41. The van der Waals surface area contributed by atoms with E-state index in [4.69, 9.17) is 4.74 Å². The van der Waals surface area contributed by atoms with Crippen molar-refractivity contribution in [2.24, 2.45) is 10.9 Å². The van der Waals surface area contributed by atoms with Gasteiger partial charge in [0.15, 0.2) is 5.96 Å².